The highest BCUT2D eigenvalue weighted by Gasteiger charge is 2.19. The summed E-state index contributed by atoms with van der Waals surface area (Å²) < 4.78 is 1.84. The van der Waals surface area contributed by atoms with Crippen molar-refractivity contribution in [3.8, 4) is 0 Å². The third-order valence-electron chi connectivity index (χ3n) is 4.89. The number of rotatable bonds is 5. The molecule has 0 bridgehead atoms. The van der Waals surface area contributed by atoms with Gasteiger partial charge in [0.1, 0.15) is 5.65 Å². The summed E-state index contributed by atoms with van der Waals surface area (Å²) in [5.74, 6) is 0.504. The summed E-state index contributed by atoms with van der Waals surface area (Å²) in [7, 11) is 0. The van der Waals surface area contributed by atoms with E-state index < -0.39 is 6.10 Å². The van der Waals surface area contributed by atoms with Gasteiger partial charge in [0.25, 0.3) is 0 Å². The summed E-state index contributed by atoms with van der Waals surface area (Å²) in [4.78, 5) is 16.9. The number of amides is 1. The summed E-state index contributed by atoms with van der Waals surface area (Å²) in [6.07, 6.45) is 10.8. The first-order valence-electron chi connectivity index (χ1n) is 9.16. The second-order valence-electron chi connectivity index (χ2n) is 7.15. The number of carbonyl (C=O) groups is 1. The van der Waals surface area contributed by atoms with Crippen LogP contribution in [-0.4, -0.2) is 26.7 Å². The molecule has 2 aromatic rings. The molecule has 0 spiro atoms. The zero-order valence-corrected chi connectivity index (χ0v) is 15.4. The summed E-state index contributed by atoms with van der Waals surface area (Å²) in [5.41, 5.74) is 1.35. The fourth-order valence-electron chi connectivity index (χ4n) is 3.73. The maximum atomic E-state index is 12.5. The number of hydrogen-bond acceptors (Lipinski definition) is 3. The lowest BCUT2D eigenvalue weighted by Crippen LogP contribution is -2.16. The zero-order chi connectivity index (χ0) is 17.8. The summed E-state index contributed by atoms with van der Waals surface area (Å²) in [6, 6.07) is 1.72. The monoisotopic (exact) mass is 363 g/mol. The van der Waals surface area contributed by atoms with Gasteiger partial charge in [0, 0.05) is 25.4 Å². The molecule has 1 aliphatic rings. The molecule has 5 nitrogen and oxygen atoms in total. The first-order valence-corrected chi connectivity index (χ1v) is 9.53. The van der Waals surface area contributed by atoms with Crippen LogP contribution in [0.2, 0.25) is 5.02 Å². The molecule has 1 atom stereocenters. The van der Waals surface area contributed by atoms with E-state index in [4.69, 9.17) is 11.6 Å². The predicted octanol–water partition coefficient (Wildman–Crippen LogP) is 4.37. The van der Waals surface area contributed by atoms with Crippen LogP contribution in [0.15, 0.2) is 18.5 Å². The average Bonchev–Trinajstić information content (AvgIpc) is 2.72. The number of halogens is 1. The van der Waals surface area contributed by atoms with Gasteiger partial charge in [-0.3, -0.25) is 4.79 Å². The van der Waals surface area contributed by atoms with Crippen LogP contribution < -0.4 is 5.32 Å². The maximum Gasteiger partial charge on any atom is 0.224 e. The first-order chi connectivity index (χ1) is 12.0. The second-order valence-corrected chi connectivity index (χ2v) is 7.55. The molecule has 1 amide bonds. The molecule has 0 aliphatic heterocycles. The number of hydrogen-bond donors (Lipinski definition) is 2. The molecule has 1 aliphatic carbocycles. The molecule has 3 rings (SSSR count). The van der Waals surface area contributed by atoms with Crippen LogP contribution in [0.5, 0.6) is 0 Å². The lowest BCUT2D eigenvalue weighted by atomic mass is 9.96. The molecule has 0 radical (unpaired) electrons. The molecule has 25 heavy (non-hydrogen) atoms. The van der Waals surface area contributed by atoms with Gasteiger partial charge in [-0.15, -0.1) is 0 Å². The number of carbonyl (C=O) groups excluding carboxylic acids is 1. The van der Waals surface area contributed by atoms with Crippen LogP contribution in [0.4, 0.5) is 5.69 Å². The summed E-state index contributed by atoms with van der Waals surface area (Å²) >= 11 is 6.34. The minimum absolute atomic E-state index is 0.0305. The van der Waals surface area contributed by atoms with Gasteiger partial charge < -0.3 is 15.0 Å². The number of aliphatic hydroxyl groups excluding tert-OH is 1. The fraction of sp³-hybridized carbons (Fsp3) is 0.579. The number of anilines is 1. The maximum absolute atomic E-state index is 12.5. The van der Waals surface area contributed by atoms with Crippen molar-refractivity contribution in [1.82, 2.24) is 9.55 Å². The third kappa shape index (κ3) is 4.53. The standard InChI is InChI=1S/C19H26ClN3O2/c1-13(24)11-23-12-16(18-15(20)8-9-21-19(18)23)22-17(25)10-14-6-4-2-3-5-7-14/h8-9,12-14,24H,2-7,10-11H2,1H3,(H,22,25). The number of pyridine rings is 1. The van der Waals surface area contributed by atoms with Crippen molar-refractivity contribution in [2.75, 3.05) is 5.32 Å². The molecule has 1 saturated carbocycles. The van der Waals surface area contributed by atoms with Crippen molar-refractivity contribution in [2.45, 2.75) is 64.5 Å². The lowest BCUT2D eigenvalue weighted by Gasteiger charge is -2.13. The largest absolute Gasteiger partial charge is 0.392 e. The third-order valence-corrected chi connectivity index (χ3v) is 5.21. The number of nitrogens with one attached hydrogen (secondary N) is 1. The summed E-state index contributed by atoms with van der Waals surface area (Å²) in [5, 5.41) is 14.0. The molecular formula is C19H26ClN3O2. The van der Waals surface area contributed by atoms with Gasteiger partial charge in [-0.25, -0.2) is 4.98 Å². The Bertz CT molecular complexity index is 734. The average molecular weight is 364 g/mol. The van der Waals surface area contributed by atoms with Gasteiger partial charge in [0.2, 0.25) is 5.91 Å². The Labute approximate surface area is 153 Å². The number of aromatic nitrogens is 2. The second kappa shape index (κ2) is 8.19. The van der Waals surface area contributed by atoms with E-state index in [-0.39, 0.29) is 5.91 Å². The first kappa shape index (κ1) is 18.2. The molecule has 2 heterocycles. The van der Waals surface area contributed by atoms with Crippen LogP contribution in [0.3, 0.4) is 0 Å². The van der Waals surface area contributed by atoms with Gasteiger partial charge in [-0.1, -0.05) is 37.3 Å². The van der Waals surface area contributed by atoms with Gasteiger partial charge in [-0.05, 0) is 31.7 Å². The van der Waals surface area contributed by atoms with Crippen molar-refractivity contribution in [1.29, 1.82) is 0 Å². The molecule has 0 saturated heterocycles. The Hall–Kier alpha value is -1.59. The van der Waals surface area contributed by atoms with E-state index in [0.717, 1.165) is 18.2 Å². The highest BCUT2D eigenvalue weighted by atomic mass is 35.5. The van der Waals surface area contributed by atoms with Crippen molar-refractivity contribution in [3.63, 3.8) is 0 Å². The Kier molecular flexibility index (Phi) is 5.97. The zero-order valence-electron chi connectivity index (χ0n) is 14.7. The Morgan fingerprint density at radius 3 is 2.80 bits per heavy atom. The van der Waals surface area contributed by atoms with Gasteiger partial charge >= 0.3 is 0 Å². The molecule has 1 unspecified atom stereocenters. The molecule has 2 N–H and O–H groups in total. The van der Waals surface area contributed by atoms with Crippen LogP contribution in [0.25, 0.3) is 11.0 Å². The van der Waals surface area contributed by atoms with Crippen molar-refractivity contribution >= 4 is 34.2 Å². The van der Waals surface area contributed by atoms with Crippen molar-refractivity contribution in [3.05, 3.63) is 23.5 Å². The Morgan fingerprint density at radius 2 is 2.12 bits per heavy atom. The Balaban J connectivity index is 1.79. The van der Waals surface area contributed by atoms with Gasteiger partial charge in [0.15, 0.2) is 0 Å². The molecule has 0 aromatic carbocycles. The van der Waals surface area contributed by atoms with Crippen LogP contribution in [-0.2, 0) is 11.3 Å². The van der Waals surface area contributed by atoms with Gasteiger partial charge in [0.05, 0.1) is 22.2 Å². The van der Waals surface area contributed by atoms with Crippen molar-refractivity contribution < 1.29 is 9.90 Å². The van der Waals surface area contributed by atoms with E-state index >= 15 is 0 Å². The smallest absolute Gasteiger partial charge is 0.224 e. The minimum atomic E-state index is -0.508. The molecule has 6 heteroatoms. The van der Waals surface area contributed by atoms with E-state index in [1.54, 1.807) is 19.2 Å². The molecule has 136 valence electrons. The van der Waals surface area contributed by atoms with E-state index in [1.165, 1.54) is 25.7 Å². The van der Waals surface area contributed by atoms with E-state index in [1.807, 2.05) is 10.8 Å². The normalized spacial score (nSPS) is 17.4. The number of fused-ring (bicyclic) bond motifs is 1. The van der Waals surface area contributed by atoms with Crippen LogP contribution in [0, 0.1) is 5.92 Å². The van der Waals surface area contributed by atoms with Crippen LogP contribution >= 0.6 is 11.6 Å². The molecule has 2 aromatic heterocycles. The highest BCUT2D eigenvalue weighted by molar-refractivity contribution is 6.36. The predicted molar refractivity (Wildman–Crippen MR) is 101 cm³/mol. The number of aliphatic hydroxyl groups is 1. The topological polar surface area (TPSA) is 67.2 Å². The Morgan fingerprint density at radius 1 is 1.40 bits per heavy atom. The van der Waals surface area contributed by atoms with Gasteiger partial charge in [-0.2, -0.15) is 0 Å². The fourth-order valence-corrected chi connectivity index (χ4v) is 3.97. The number of nitrogens with zero attached hydrogens (tertiary/aromatic N) is 2. The van der Waals surface area contributed by atoms with E-state index in [2.05, 4.69) is 10.3 Å². The molecule has 1 fully saturated rings. The molecular weight excluding hydrogens is 338 g/mol. The SMILES string of the molecule is CC(O)Cn1cc(NC(=O)CC2CCCCCC2)c2c(Cl)ccnc21. The van der Waals surface area contributed by atoms with Crippen molar-refractivity contribution in [2.24, 2.45) is 5.92 Å². The quantitative estimate of drug-likeness (QED) is 0.775. The van der Waals surface area contributed by atoms with E-state index in [0.29, 0.717) is 35.2 Å². The highest BCUT2D eigenvalue weighted by Crippen LogP contribution is 2.32. The minimum Gasteiger partial charge on any atom is -0.392 e. The summed E-state index contributed by atoms with van der Waals surface area (Å²) in [6.45, 7) is 2.13. The lowest BCUT2D eigenvalue weighted by molar-refractivity contribution is -0.117. The van der Waals surface area contributed by atoms with E-state index in [9.17, 15) is 9.90 Å². The van der Waals surface area contributed by atoms with Crippen LogP contribution in [0.1, 0.15) is 51.9 Å².